The minimum atomic E-state index is 0.781. The second-order valence-electron chi connectivity index (χ2n) is 3.80. The summed E-state index contributed by atoms with van der Waals surface area (Å²) in [6.45, 7) is 6.77. The van der Waals surface area contributed by atoms with Gasteiger partial charge in [0.2, 0.25) is 0 Å². The van der Waals surface area contributed by atoms with E-state index in [0.717, 1.165) is 11.8 Å². The lowest BCUT2D eigenvalue weighted by atomic mass is 9.84. The van der Waals surface area contributed by atoms with E-state index in [2.05, 4.69) is 39.0 Å². The lowest BCUT2D eigenvalue weighted by Crippen LogP contribution is -2.08. The smallest absolute Gasteiger partial charge is 0.0162 e. The molecule has 0 nitrogen and oxygen atoms in total. The van der Waals surface area contributed by atoms with Crippen molar-refractivity contribution in [1.82, 2.24) is 0 Å². The summed E-state index contributed by atoms with van der Waals surface area (Å²) in [5.74, 6) is 1.63. The molecule has 1 rings (SSSR count). The van der Waals surface area contributed by atoms with Crippen molar-refractivity contribution in [3.05, 3.63) is 23.8 Å². The van der Waals surface area contributed by atoms with Gasteiger partial charge in [-0.3, -0.25) is 0 Å². The van der Waals surface area contributed by atoms with Crippen molar-refractivity contribution in [1.29, 1.82) is 0 Å². The lowest BCUT2D eigenvalue weighted by Gasteiger charge is -2.22. The maximum atomic E-state index is 2.34. The highest BCUT2D eigenvalue weighted by Crippen LogP contribution is 2.29. The van der Waals surface area contributed by atoms with Crippen molar-refractivity contribution in [2.24, 2.45) is 11.8 Å². The molecule has 0 heteroatoms. The van der Waals surface area contributed by atoms with Gasteiger partial charge in [0.15, 0.2) is 0 Å². The predicted molar refractivity (Wildman–Crippen MR) is 55.1 cm³/mol. The Bertz CT molecular complexity index is 186. The molecule has 1 aliphatic carbocycles. The van der Waals surface area contributed by atoms with E-state index >= 15 is 0 Å². The zero-order valence-corrected chi connectivity index (χ0v) is 8.51. The van der Waals surface area contributed by atoms with E-state index in [1.807, 2.05) is 0 Å². The Morgan fingerprint density at radius 3 is 2.67 bits per heavy atom. The van der Waals surface area contributed by atoms with Crippen LogP contribution < -0.4 is 0 Å². The molecule has 2 unspecified atom stereocenters. The van der Waals surface area contributed by atoms with E-state index in [1.165, 1.54) is 19.3 Å². The standard InChI is InChI=1S/C12H20/c1-4-10(3)12(5-2)9-11-7-6-8-11/h5-7,10-11H,4,8-9H2,1-3H3. The van der Waals surface area contributed by atoms with Crippen molar-refractivity contribution >= 4 is 0 Å². The molecule has 0 bridgehead atoms. The average molecular weight is 164 g/mol. The van der Waals surface area contributed by atoms with Crippen molar-refractivity contribution in [3.8, 4) is 0 Å². The summed E-state index contributed by atoms with van der Waals surface area (Å²) in [6, 6.07) is 0. The Morgan fingerprint density at radius 2 is 2.33 bits per heavy atom. The molecule has 0 aromatic rings. The third-order valence-corrected chi connectivity index (χ3v) is 2.96. The van der Waals surface area contributed by atoms with Crippen LogP contribution in [0.15, 0.2) is 23.8 Å². The highest BCUT2D eigenvalue weighted by atomic mass is 14.2. The van der Waals surface area contributed by atoms with Gasteiger partial charge in [-0.25, -0.2) is 0 Å². The minimum Gasteiger partial charge on any atom is -0.0882 e. The molecule has 0 aromatic heterocycles. The number of allylic oxidation sites excluding steroid dienone is 4. The van der Waals surface area contributed by atoms with E-state index in [1.54, 1.807) is 5.57 Å². The van der Waals surface area contributed by atoms with Gasteiger partial charge < -0.3 is 0 Å². The van der Waals surface area contributed by atoms with E-state index in [4.69, 9.17) is 0 Å². The Balaban J connectivity index is 2.40. The van der Waals surface area contributed by atoms with Gasteiger partial charge in [0.1, 0.15) is 0 Å². The molecule has 0 N–H and O–H groups in total. The topological polar surface area (TPSA) is 0 Å². The van der Waals surface area contributed by atoms with Crippen LogP contribution in [0, 0.1) is 11.8 Å². The summed E-state index contributed by atoms with van der Waals surface area (Å²) in [5.41, 5.74) is 1.65. The average Bonchev–Trinajstić information content (AvgIpc) is 2.02. The maximum Gasteiger partial charge on any atom is -0.0162 e. The summed E-state index contributed by atoms with van der Waals surface area (Å²) in [7, 11) is 0. The molecule has 0 heterocycles. The number of rotatable bonds is 4. The molecule has 1 aliphatic rings. The van der Waals surface area contributed by atoms with E-state index in [-0.39, 0.29) is 0 Å². The second kappa shape index (κ2) is 4.49. The zero-order chi connectivity index (χ0) is 8.97. The van der Waals surface area contributed by atoms with Crippen molar-refractivity contribution in [2.75, 3.05) is 0 Å². The molecule has 68 valence electrons. The molecule has 0 amide bonds. The minimum absolute atomic E-state index is 0.781. The number of hydrogen-bond donors (Lipinski definition) is 0. The highest BCUT2D eigenvalue weighted by Gasteiger charge is 2.14. The normalized spacial score (nSPS) is 25.2. The van der Waals surface area contributed by atoms with Crippen LogP contribution in [0.5, 0.6) is 0 Å². The van der Waals surface area contributed by atoms with Crippen LogP contribution in [-0.2, 0) is 0 Å². The van der Waals surface area contributed by atoms with Crippen molar-refractivity contribution < 1.29 is 0 Å². The van der Waals surface area contributed by atoms with Gasteiger partial charge in [-0.2, -0.15) is 0 Å². The van der Waals surface area contributed by atoms with E-state index in [0.29, 0.717) is 0 Å². The summed E-state index contributed by atoms with van der Waals surface area (Å²) < 4.78 is 0. The Labute approximate surface area is 76.4 Å². The molecular formula is C12H20. The summed E-state index contributed by atoms with van der Waals surface area (Å²) in [6.07, 6.45) is 10.8. The van der Waals surface area contributed by atoms with Gasteiger partial charge in [-0.1, -0.05) is 37.6 Å². The Morgan fingerprint density at radius 1 is 1.67 bits per heavy atom. The molecule has 0 saturated heterocycles. The molecule has 2 atom stereocenters. The second-order valence-corrected chi connectivity index (χ2v) is 3.80. The van der Waals surface area contributed by atoms with Gasteiger partial charge in [-0.05, 0) is 38.0 Å². The fraction of sp³-hybridized carbons (Fsp3) is 0.667. The fourth-order valence-electron chi connectivity index (χ4n) is 1.65. The zero-order valence-electron chi connectivity index (χ0n) is 8.51. The first-order valence-corrected chi connectivity index (χ1v) is 5.09. The third kappa shape index (κ3) is 2.23. The molecule has 0 aliphatic heterocycles. The molecule has 0 radical (unpaired) electrons. The van der Waals surface area contributed by atoms with Crippen molar-refractivity contribution in [3.63, 3.8) is 0 Å². The van der Waals surface area contributed by atoms with Gasteiger partial charge >= 0.3 is 0 Å². The molecular weight excluding hydrogens is 144 g/mol. The molecule has 0 spiro atoms. The van der Waals surface area contributed by atoms with Gasteiger partial charge in [-0.15, -0.1) is 0 Å². The Kier molecular flexibility index (Phi) is 3.58. The fourth-order valence-corrected chi connectivity index (χ4v) is 1.65. The summed E-state index contributed by atoms with van der Waals surface area (Å²) in [4.78, 5) is 0. The summed E-state index contributed by atoms with van der Waals surface area (Å²) >= 11 is 0. The predicted octanol–water partition coefficient (Wildman–Crippen LogP) is 3.95. The lowest BCUT2D eigenvalue weighted by molar-refractivity contribution is 0.536. The third-order valence-electron chi connectivity index (χ3n) is 2.96. The van der Waals surface area contributed by atoms with Crippen LogP contribution in [0.3, 0.4) is 0 Å². The summed E-state index contributed by atoms with van der Waals surface area (Å²) in [5, 5.41) is 0. The first-order valence-electron chi connectivity index (χ1n) is 5.09. The maximum absolute atomic E-state index is 2.34. The van der Waals surface area contributed by atoms with E-state index in [9.17, 15) is 0 Å². The molecule has 12 heavy (non-hydrogen) atoms. The van der Waals surface area contributed by atoms with Crippen LogP contribution in [0.4, 0.5) is 0 Å². The van der Waals surface area contributed by atoms with Gasteiger partial charge in [0.05, 0.1) is 0 Å². The largest absolute Gasteiger partial charge is 0.0882 e. The quantitative estimate of drug-likeness (QED) is 0.552. The molecule has 0 saturated carbocycles. The van der Waals surface area contributed by atoms with Crippen LogP contribution in [0.1, 0.15) is 40.0 Å². The van der Waals surface area contributed by atoms with Gasteiger partial charge in [0, 0.05) is 0 Å². The molecule has 0 fully saturated rings. The Hall–Kier alpha value is -0.520. The molecule has 0 aromatic carbocycles. The monoisotopic (exact) mass is 164 g/mol. The SMILES string of the molecule is CC=C(CC1C=CC1)C(C)CC. The highest BCUT2D eigenvalue weighted by molar-refractivity contribution is 5.12. The van der Waals surface area contributed by atoms with Crippen LogP contribution >= 0.6 is 0 Å². The van der Waals surface area contributed by atoms with Crippen LogP contribution in [-0.4, -0.2) is 0 Å². The van der Waals surface area contributed by atoms with Crippen molar-refractivity contribution in [2.45, 2.75) is 40.0 Å². The van der Waals surface area contributed by atoms with Gasteiger partial charge in [0.25, 0.3) is 0 Å². The first-order chi connectivity index (χ1) is 5.77. The van der Waals surface area contributed by atoms with Crippen LogP contribution in [0.25, 0.3) is 0 Å². The number of hydrogen-bond acceptors (Lipinski definition) is 0. The first kappa shape index (κ1) is 9.57. The van der Waals surface area contributed by atoms with Crippen LogP contribution in [0.2, 0.25) is 0 Å². The van der Waals surface area contributed by atoms with E-state index < -0.39 is 0 Å².